The summed E-state index contributed by atoms with van der Waals surface area (Å²) in [6.45, 7) is 4.44. The highest BCUT2D eigenvalue weighted by Crippen LogP contribution is 2.33. The lowest BCUT2D eigenvalue weighted by Crippen LogP contribution is -2.50. The molecule has 2 aromatic carbocycles. The number of hydrogen-bond donors (Lipinski definition) is 2. The average Bonchev–Trinajstić information content (AvgIpc) is 2.77. The van der Waals surface area contributed by atoms with E-state index in [1.165, 1.54) is 17.7 Å². The maximum Gasteiger partial charge on any atom is 0.241 e. The summed E-state index contributed by atoms with van der Waals surface area (Å²) < 4.78 is 39.6. The Balaban J connectivity index is 1.52. The summed E-state index contributed by atoms with van der Waals surface area (Å²) in [5.74, 6) is 0.349. The molecule has 0 bridgehead atoms. The lowest BCUT2D eigenvalue weighted by molar-refractivity contribution is -0.124. The molecular formula is C23H28N2O5S. The van der Waals surface area contributed by atoms with E-state index in [1.807, 2.05) is 32.0 Å². The van der Waals surface area contributed by atoms with Crippen molar-refractivity contribution in [2.75, 3.05) is 13.2 Å². The Bertz CT molecular complexity index is 1070. The molecule has 2 atom stereocenters. The van der Waals surface area contributed by atoms with E-state index in [9.17, 15) is 13.2 Å². The molecule has 1 aliphatic heterocycles. The SMILES string of the molecule is CC(C)C(NS(=O)(=O)c1ccc2c(c1)OCCO2)C(=O)NC1CCCc2ccccc21. The first-order valence-electron chi connectivity index (χ1n) is 10.7. The third-order valence-corrected chi connectivity index (χ3v) is 7.18. The molecule has 166 valence electrons. The Kier molecular flexibility index (Phi) is 6.20. The second-order valence-corrected chi connectivity index (χ2v) is 10.0. The molecule has 0 saturated heterocycles. The van der Waals surface area contributed by atoms with Crippen molar-refractivity contribution in [3.8, 4) is 11.5 Å². The zero-order chi connectivity index (χ0) is 22.0. The lowest BCUT2D eigenvalue weighted by Gasteiger charge is -2.29. The van der Waals surface area contributed by atoms with Gasteiger partial charge in [-0.3, -0.25) is 4.79 Å². The molecule has 4 rings (SSSR count). The highest BCUT2D eigenvalue weighted by atomic mass is 32.2. The van der Waals surface area contributed by atoms with Crippen LogP contribution >= 0.6 is 0 Å². The average molecular weight is 445 g/mol. The molecule has 0 fully saturated rings. The fraction of sp³-hybridized carbons (Fsp3) is 0.435. The van der Waals surface area contributed by atoms with Crippen molar-refractivity contribution in [1.29, 1.82) is 0 Å². The van der Waals surface area contributed by atoms with Crippen molar-refractivity contribution in [1.82, 2.24) is 10.0 Å². The number of hydrogen-bond acceptors (Lipinski definition) is 5. The van der Waals surface area contributed by atoms with Gasteiger partial charge < -0.3 is 14.8 Å². The summed E-state index contributed by atoms with van der Waals surface area (Å²) in [4.78, 5) is 13.2. The molecule has 2 aromatic rings. The molecule has 0 aromatic heterocycles. The van der Waals surface area contributed by atoms with Crippen LogP contribution in [0, 0.1) is 5.92 Å². The number of rotatable bonds is 6. The second-order valence-electron chi connectivity index (χ2n) is 8.30. The topological polar surface area (TPSA) is 93.7 Å². The molecule has 0 radical (unpaired) electrons. The van der Waals surface area contributed by atoms with E-state index >= 15 is 0 Å². The Hall–Kier alpha value is -2.58. The number of amides is 1. The van der Waals surface area contributed by atoms with Gasteiger partial charge in [-0.15, -0.1) is 0 Å². The minimum atomic E-state index is -3.93. The van der Waals surface area contributed by atoms with Crippen molar-refractivity contribution < 1.29 is 22.7 Å². The van der Waals surface area contributed by atoms with Crippen LogP contribution in [0.15, 0.2) is 47.4 Å². The van der Waals surface area contributed by atoms with Crippen LogP contribution in [-0.2, 0) is 21.2 Å². The predicted octanol–water partition coefficient (Wildman–Crippen LogP) is 2.95. The summed E-state index contributed by atoms with van der Waals surface area (Å²) in [6.07, 6.45) is 2.81. The minimum absolute atomic E-state index is 0.0400. The smallest absolute Gasteiger partial charge is 0.241 e. The van der Waals surface area contributed by atoms with Gasteiger partial charge in [0.25, 0.3) is 0 Å². The van der Waals surface area contributed by atoms with Gasteiger partial charge in [0.1, 0.15) is 19.3 Å². The summed E-state index contributed by atoms with van der Waals surface area (Å²) >= 11 is 0. The Morgan fingerprint density at radius 2 is 1.81 bits per heavy atom. The molecule has 2 N–H and O–H groups in total. The summed E-state index contributed by atoms with van der Waals surface area (Å²) in [6, 6.07) is 11.5. The van der Waals surface area contributed by atoms with Crippen LogP contribution in [-0.4, -0.2) is 33.6 Å². The highest BCUT2D eigenvalue weighted by Gasteiger charge is 2.31. The molecule has 0 saturated carbocycles. The number of fused-ring (bicyclic) bond motifs is 2. The van der Waals surface area contributed by atoms with Gasteiger partial charge >= 0.3 is 0 Å². The van der Waals surface area contributed by atoms with E-state index < -0.39 is 16.1 Å². The number of carbonyl (C=O) groups excluding carboxylic acids is 1. The first-order chi connectivity index (χ1) is 14.8. The van der Waals surface area contributed by atoms with Crippen molar-refractivity contribution in [3.63, 3.8) is 0 Å². The third-order valence-electron chi connectivity index (χ3n) is 5.74. The molecule has 2 unspecified atom stereocenters. The van der Waals surface area contributed by atoms with Crippen LogP contribution in [0.3, 0.4) is 0 Å². The van der Waals surface area contributed by atoms with Crippen LogP contribution in [0.2, 0.25) is 0 Å². The first kappa shape index (κ1) is 21.6. The van der Waals surface area contributed by atoms with Crippen LogP contribution in [0.25, 0.3) is 0 Å². The molecule has 1 heterocycles. The highest BCUT2D eigenvalue weighted by molar-refractivity contribution is 7.89. The van der Waals surface area contributed by atoms with Crippen molar-refractivity contribution >= 4 is 15.9 Å². The lowest BCUT2D eigenvalue weighted by atomic mass is 9.87. The van der Waals surface area contributed by atoms with Gasteiger partial charge in [-0.1, -0.05) is 38.1 Å². The predicted molar refractivity (Wildman–Crippen MR) is 117 cm³/mol. The van der Waals surface area contributed by atoms with Gasteiger partial charge in [-0.25, -0.2) is 8.42 Å². The normalized spacial score (nSPS) is 18.9. The largest absolute Gasteiger partial charge is 0.486 e. The fourth-order valence-corrected chi connectivity index (χ4v) is 5.44. The monoisotopic (exact) mass is 444 g/mol. The number of nitrogens with one attached hydrogen (secondary N) is 2. The molecular weight excluding hydrogens is 416 g/mol. The van der Waals surface area contributed by atoms with E-state index in [4.69, 9.17) is 9.47 Å². The number of aryl methyl sites for hydroxylation is 1. The fourth-order valence-electron chi connectivity index (χ4n) is 4.08. The number of ether oxygens (including phenoxy) is 2. The molecule has 1 aliphatic carbocycles. The van der Waals surface area contributed by atoms with Crippen molar-refractivity contribution in [3.05, 3.63) is 53.6 Å². The van der Waals surface area contributed by atoms with Crippen LogP contribution in [0.1, 0.15) is 43.9 Å². The van der Waals surface area contributed by atoms with E-state index in [1.54, 1.807) is 6.07 Å². The maximum atomic E-state index is 13.1. The summed E-state index contributed by atoms with van der Waals surface area (Å²) in [5, 5.41) is 3.07. The van der Waals surface area contributed by atoms with Crippen LogP contribution in [0.5, 0.6) is 11.5 Å². The molecule has 2 aliphatic rings. The van der Waals surface area contributed by atoms with Gasteiger partial charge in [0, 0.05) is 6.07 Å². The molecule has 31 heavy (non-hydrogen) atoms. The third kappa shape index (κ3) is 4.70. The quantitative estimate of drug-likeness (QED) is 0.715. The molecule has 8 heteroatoms. The first-order valence-corrected chi connectivity index (χ1v) is 12.1. The van der Waals surface area contributed by atoms with Gasteiger partial charge in [0.05, 0.1) is 10.9 Å². The van der Waals surface area contributed by atoms with E-state index in [0.29, 0.717) is 24.7 Å². The molecule has 0 spiro atoms. The Morgan fingerprint density at radius 3 is 2.58 bits per heavy atom. The van der Waals surface area contributed by atoms with Gasteiger partial charge in [-0.2, -0.15) is 4.72 Å². The van der Waals surface area contributed by atoms with E-state index in [2.05, 4.69) is 16.1 Å². The van der Waals surface area contributed by atoms with E-state index in [0.717, 1.165) is 24.8 Å². The van der Waals surface area contributed by atoms with Gasteiger partial charge in [-0.05, 0) is 48.4 Å². The van der Waals surface area contributed by atoms with Crippen LogP contribution < -0.4 is 19.5 Å². The minimum Gasteiger partial charge on any atom is -0.486 e. The number of benzene rings is 2. The van der Waals surface area contributed by atoms with Crippen LogP contribution in [0.4, 0.5) is 0 Å². The summed E-state index contributed by atoms with van der Waals surface area (Å²) in [5.41, 5.74) is 2.34. The molecule has 7 nitrogen and oxygen atoms in total. The Morgan fingerprint density at radius 1 is 1.06 bits per heavy atom. The van der Waals surface area contributed by atoms with Gasteiger partial charge in [0.2, 0.25) is 15.9 Å². The maximum absolute atomic E-state index is 13.1. The van der Waals surface area contributed by atoms with Crippen molar-refractivity contribution in [2.45, 2.75) is 50.1 Å². The zero-order valence-corrected chi connectivity index (χ0v) is 18.6. The Labute approximate surface area is 183 Å². The molecule has 1 amide bonds. The van der Waals surface area contributed by atoms with Crippen molar-refractivity contribution in [2.24, 2.45) is 5.92 Å². The van der Waals surface area contributed by atoms with Gasteiger partial charge in [0.15, 0.2) is 11.5 Å². The second kappa shape index (κ2) is 8.88. The number of carbonyl (C=O) groups is 1. The number of sulfonamides is 1. The van der Waals surface area contributed by atoms with E-state index in [-0.39, 0.29) is 22.8 Å². The standard InChI is InChI=1S/C23H28N2O5S/c1-15(2)22(23(26)24-19-9-5-7-16-6-3-4-8-18(16)19)25-31(27,28)17-10-11-20-21(14-17)30-13-12-29-20/h3-4,6,8,10-11,14-15,19,22,25H,5,7,9,12-13H2,1-2H3,(H,24,26). The summed E-state index contributed by atoms with van der Waals surface area (Å²) in [7, 11) is -3.93. The zero-order valence-electron chi connectivity index (χ0n) is 17.8.